The first-order valence-electron chi connectivity index (χ1n) is 11.0. The van der Waals surface area contributed by atoms with E-state index < -0.39 is 0 Å². The van der Waals surface area contributed by atoms with E-state index in [0.29, 0.717) is 48.7 Å². The van der Waals surface area contributed by atoms with Crippen molar-refractivity contribution in [2.75, 3.05) is 33.9 Å². The average molecular weight is 449 g/mol. The summed E-state index contributed by atoms with van der Waals surface area (Å²) < 4.78 is 12.5. The van der Waals surface area contributed by atoms with Gasteiger partial charge < -0.3 is 19.7 Å². The SMILES string of the molecule is COc1ccc(-c2nn(-c3ccccc3)cc2C(=O)NCCCN2CCCC2=O)cc1OC. The van der Waals surface area contributed by atoms with E-state index >= 15 is 0 Å². The van der Waals surface area contributed by atoms with E-state index in [-0.39, 0.29) is 11.8 Å². The summed E-state index contributed by atoms with van der Waals surface area (Å²) in [5.41, 5.74) is 2.61. The van der Waals surface area contributed by atoms with Crippen LogP contribution in [0.4, 0.5) is 0 Å². The predicted molar refractivity (Wildman–Crippen MR) is 125 cm³/mol. The molecule has 1 aliphatic heterocycles. The lowest BCUT2D eigenvalue weighted by molar-refractivity contribution is -0.127. The van der Waals surface area contributed by atoms with Crippen molar-refractivity contribution in [3.05, 3.63) is 60.3 Å². The van der Waals surface area contributed by atoms with Crippen LogP contribution in [-0.4, -0.2) is 60.3 Å². The van der Waals surface area contributed by atoms with Gasteiger partial charge in [-0.25, -0.2) is 4.68 Å². The molecule has 1 aliphatic rings. The predicted octanol–water partition coefficient (Wildman–Crippen LogP) is 3.30. The van der Waals surface area contributed by atoms with Gasteiger partial charge in [0.1, 0.15) is 5.69 Å². The number of carbonyl (C=O) groups is 2. The molecule has 2 aromatic carbocycles. The van der Waals surface area contributed by atoms with Crippen LogP contribution in [0, 0.1) is 0 Å². The van der Waals surface area contributed by atoms with Gasteiger partial charge in [0.15, 0.2) is 11.5 Å². The summed E-state index contributed by atoms with van der Waals surface area (Å²) in [7, 11) is 3.15. The van der Waals surface area contributed by atoms with Crippen LogP contribution in [0.5, 0.6) is 11.5 Å². The van der Waals surface area contributed by atoms with Gasteiger partial charge in [-0.15, -0.1) is 0 Å². The lowest BCUT2D eigenvalue weighted by Crippen LogP contribution is -2.30. The zero-order valence-corrected chi connectivity index (χ0v) is 18.9. The molecule has 0 radical (unpaired) electrons. The smallest absolute Gasteiger partial charge is 0.255 e. The van der Waals surface area contributed by atoms with Crippen LogP contribution in [-0.2, 0) is 4.79 Å². The second kappa shape index (κ2) is 10.2. The molecule has 2 amide bonds. The fourth-order valence-electron chi connectivity index (χ4n) is 3.96. The number of aromatic nitrogens is 2. The van der Waals surface area contributed by atoms with Crippen molar-refractivity contribution in [1.82, 2.24) is 20.0 Å². The number of hydrogen-bond acceptors (Lipinski definition) is 5. The quantitative estimate of drug-likeness (QED) is 0.508. The number of benzene rings is 2. The maximum absolute atomic E-state index is 13.1. The van der Waals surface area contributed by atoms with Gasteiger partial charge in [-0.1, -0.05) is 18.2 Å². The van der Waals surface area contributed by atoms with Gasteiger partial charge in [-0.05, 0) is 43.2 Å². The Labute approximate surface area is 193 Å². The van der Waals surface area contributed by atoms with Gasteiger partial charge in [0.05, 0.1) is 25.5 Å². The molecule has 0 bridgehead atoms. The summed E-state index contributed by atoms with van der Waals surface area (Å²) in [5.74, 6) is 1.15. The number of nitrogens with one attached hydrogen (secondary N) is 1. The molecule has 172 valence electrons. The van der Waals surface area contributed by atoms with Crippen LogP contribution in [0.3, 0.4) is 0 Å². The molecule has 0 saturated carbocycles. The Balaban J connectivity index is 1.57. The standard InChI is InChI=1S/C25H28N4O4/c1-32-21-12-11-18(16-22(21)33-2)24-20(17-29(27-24)19-8-4-3-5-9-19)25(31)26-13-7-15-28-14-6-10-23(28)30/h3-5,8-9,11-12,16-17H,6-7,10,13-15H2,1-2H3,(H,26,31). The number of likely N-dealkylation sites (tertiary alicyclic amines) is 1. The molecule has 1 aromatic heterocycles. The third-order valence-electron chi connectivity index (χ3n) is 5.70. The third-order valence-corrected chi connectivity index (χ3v) is 5.70. The zero-order valence-electron chi connectivity index (χ0n) is 18.9. The fourth-order valence-corrected chi connectivity index (χ4v) is 3.96. The summed E-state index contributed by atoms with van der Waals surface area (Å²) in [4.78, 5) is 26.7. The number of rotatable bonds is 9. The molecular weight excluding hydrogens is 420 g/mol. The molecule has 0 aliphatic carbocycles. The summed E-state index contributed by atoms with van der Waals surface area (Å²) in [6.07, 6.45) is 3.98. The molecule has 1 N–H and O–H groups in total. The first kappa shape index (κ1) is 22.4. The van der Waals surface area contributed by atoms with Gasteiger partial charge >= 0.3 is 0 Å². The first-order chi connectivity index (χ1) is 16.1. The number of amides is 2. The molecule has 33 heavy (non-hydrogen) atoms. The van der Waals surface area contributed by atoms with Gasteiger partial charge in [0.25, 0.3) is 5.91 Å². The summed E-state index contributed by atoms with van der Waals surface area (Å²) in [6.45, 7) is 1.94. The average Bonchev–Trinajstić information content (AvgIpc) is 3.48. The number of carbonyl (C=O) groups excluding carboxylic acids is 2. The highest BCUT2D eigenvalue weighted by Crippen LogP contribution is 2.33. The Morgan fingerprint density at radius 1 is 1.09 bits per heavy atom. The molecule has 4 rings (SSSR count). The number of para-hydroxylation sites is 1. The molecule has 3 aromatic rings. The van der Waals surface area contributed by atoms with E-state index in [2.05, 4.69) is 5.32 Å². The van der Waals surface area contributed by atoms with Crippen molar-refractivity contribution in [3.63, 3.8) is 0 Å². The van der Waals surface area contributed by atoms with Crippen molar-refractivity contribution < 1.29 is 19.1 Å². The summed E-state index contributed by atoms with van der Waals surface area (Å²) >= 11 is 0. The minimum Gasteiger partial charge on any atom is -0.493 e. The van der Waals surface area contributed by atoms with Crippen molar-refractivity contribution in [2.45, 2.75) is 19.3 Å². The topological polar surface area (TPSA) is 85.7 Å². The Morgan fingerprint density at radius 3 is 2.58 bits per heavy atom. The third kappa shape index (κ3) is 5.00. The number of methoxy groups -OCH3 is 2. The van der Waals surface area contributed by atoms with Crippen LogP contribution in [0.25, 0.3) is 16.9 Å². The van der Waals surface area contributed by atoms with E-state index in [1.807, 2.05) is 47.4 Å². The number of nitrogens with zero attached hydrogens (tertiary/aromatic N) is 3. The molecular formula is C25H28N4O4. The second-order valence-corrected chi connectivity index (χ2v) is 7.84. The lowest BCUT2D eigenvalue weighted by Gasteiger charge is -2.15. The van der Waals surface area contributed by atoms with Crippen LogP contribution in [0.1, 0.15) is 29.6 Å². The van der Waals surface area contributed by atoms with E-state index in [0.717, 1.165) is 24.2 Å². The van der Waals surface area contributed by atoms with Crippen LogP contribution in [0.15, 0.2) is 54.7 Å². The normalized spacial score (nSPS) is 13.3. The highest BCUT2D eigenvalue weighted by Gasteiger charge is 2.21. The largest absolute Gasteiger partial charge is 0.493 e. The maximum atomic E-state index is 13.1. The summed E-state index contributed by atoms with van der Waals surface area (Å²) in [6, 6.07) is 15.1. The van der Waals surface area contributed by atoms with E-state index in [1.54, 1.807) is 31.2 Å². The second-order valence-electron chi connectivity index (χ2n) is 7.84. The molecule has 8 heteroatoms. The van der Waals surface area contributed by atoms with Crippen LogP contribution >= 0.6 is 0 Å². The summed E-state index contributed by atoms with van der Waals surface area (Å²) in [5, 5.41) is 7.69. The Morgan fingerprint density at radius 2 is 1.88 bits per heavy atom. The van der Waals surface area contributed by atoms with Crippen molar-refractivity contribution in [3.8, 4) is 28.4 Å². The minimum absolute atomic E-state index is 0.196. The van der Waals surface area contributed by atoms with Gasteiger partial charge in [-0.3, -0.25) is 9.59 Å². The van der Waals surface area contributed by atoms with E-state index in [4.69, 9.17) is 14.6 Å². The molecule has 0 unspecified atom stereocenters. The molecule has 1 fully saturated rings. The number of hydrogen-bond donors (Lipinski definition) is 1. The zero-order chi connectivity index (χ0) is 23.2. The Bertz CT molecular complexity index is 1130. The minimum atomic E-state index is -0.213. The molecule has 2 heterocycles. The molecule has 0 atom stereocenters. The van der Waals surface area contributed by atoms with E-state index in [9.17, 15) is 9.59 Å². The highest BCUT2D eigenvalue weighted by molar-refractivity contribution is 6.00. The van der Waals surface area contributed by atoms with Crippen molar-refractivity contribution in [1.29, 1.82) is 0 Å². The fraction of sp³-hybridized carbons (Fsp3) is 0.320. The van der Waals surface area contributed by atoms with Crippen LogP contribution in [0.2, 0.25) is 0 Å². The van der Waals surface area contributed by atoms with Gasteiger partial charge in [0, 0.05) is 37.8 Å². The first-order valence-corrected chi connectivity index (χ1v) is 11.0. The van der Waals surface area contributed by atoms with Gasteiger partial charge in [-0.2, -0.15) is 5.10 Å². The van der Waals surface area contributed by atoms with Gasteiger partial charge in [0.2, 0.25) is 5.91 Å². The van der Waals surface area contributed by atoms with Crippen molar-refractivity contribution in [2.24, 2.45) is 0 Å². The molecule has 0 spiro atoms. The highest BCUT2D eigenvalue weighted by atomic mass is 16.5. The van der Waals surface area contributed by atoms with Crippen LogP contribution < -0.4 is 14.8 Å². The molecule has 8 nitrogen and oxygen atoms in total. The Hall–Kier alpha value is -3.81. The maximum Gasteiger partial charge on any atom is 0.255 e. The van der Waals surface area contributed by atoms with Crippen molar-refractivity contribution >= 4 is 11.8 Å². The number of ether oxygens (including phenoxy) is 2. The monoisotopic (exact) mass is 448 g/mol. The Kier molecular flexibility index (Phi) is 6.92. The molecule has 1 saturated heterocycles. The lowest BCUT2D eigenvalue weighted by atomic mass is 10.1. The van der Waals surface area contributed by atoms with E-state index in [1.165, 1.54) is 0 Å².